The summed E-state index contributed by atoms with van der Waals surface area (Å²) in [6.45, 7) is 4.37. The van der Waals surface area contributed by atoms with E-state index in [4.69, 9.17) is 4.74 Å². The zero-order valence-corrected chi connectivity index (χ0v) is 10.7. The molecular formula is C14H22FNO. The highest BCUT2D eigenvalue weighted by molar-refractivity contribution is 5.17. The highest BCUT2D eigenvalue weighted by Gasteiger charge is 2.11. The number of nitrogens with one attached hydrogen (secondary N) is 1. The molecule has 0 bridgehead atoms. The zero-order valence-electron chi connectivity index (χ0n) is 10.7. The number of hydrogen-bond acceptors (Lipinski definition) is 2. The Labute approximate surface area is 103 Å². The van der Waals surface area contributed by atoms with Crippen LogP contribution in [0.15, 0.2) is 24.3 Å². The van der Waals surface area contributed by atoms with Crippen LogP contribution < -0.4 is 5.32 Å². The molecular weight excluding hydrogens is 217 g/mol. The molecule has 96 valence electrons. The van der Waals surface area contributed by atoms with Gasteiger partial charge in [-0.15, -0.1) is 0 Å². The van der Waals surface area contributed by atoms with E-state index in [9.17, 15) is 4.39 Å². The molecule has 1 atom stereocenters. The molecule has 0 heterocycles. The van der Waals surface area contributed by atoms with Gasteiger partial charge < -0.3 is 10.1 Å². The maximum atomic E-state index is 13.5. The second-order valence-electron chi connectivity index (χ2n) is 4.20. The van der Waals surface area contributed by atoms with Crippen LogP contribution >= 0.6 is 0 Å². The number of rotatable bonds is 8. The van der Waals surface area contributed by atoms with Gasteiger partial charge in [-0.3, -0.25) is 0 Å². The smallest absolute Gasteiger partial charge is 0.126 e. The molecule has 0 spiro atoms. The molecule has 0 saturated carbocycles. The average Bonchev–Trinajstić information content (AvgIpc) is 2.32. The van der Waals surface area contributed by atoms with Crippen LogP contribution in [-0.2, 0) is 11.2 Å². The summed E-state index contributed by atoms with van der Waals surface area (Å²) in [5.74, 6) is 0.313. The van der Waals surface area contributed by atoms with Crippen LogP contribution in [0.3, 0.4) is 0 Å². The molecule has 1 aromatic carbocycles. The fraction of sp³-hybridized carbons (Fsp3) is 0.571. The minimum absolute atomic E-state index is 0.106. The molecule has 0 aliphatic rings. The Morgan fingerprint density at radius 3 is 2.76 bits per heavy atom. The van der Waals surface area contributed by atoms with Gasteiger partial charge in [0.2, 0.25) is 0 Å². The summed E-state index contributed by atoms with van der Waals surface area (Å²) in [5.41, 5.74) is 0.796. The molecule has 1 N–H and O–H groups in total. The van der Waals surface area contributed by atoms with Gasteiger partial charge >= 0.3 is 0 Å². The van der Waals surface area contributed by atoms with Crippen molar-refractivity contribution in [3.63, 3.8) is 0 Å². The quantitative estimate of drug-likeness (QED) is 0.704. The molecule has 1 rings (SSSR count). The summed E-state index contributed by atoms with van der Waals surface area (Å²) >= 11 is 0. The Hall–Kier alpha value is -0.930. The van der Waals surface area contributed by atoms with E-state index in [1.54, 1.807) is 6.07 Å². The molecule has 0 aliphatic heterocycles. The molecule has 0 aromatic heterocycles. The van der Waals surface area contributed by atoms with Gasteiger partial charge in [0.25, 0.3) is 0 Å². The van der Waals surface area contributed by atoms with Crippen LogP contribution in [0.1, 0.15) is 18.9 Å². The van der Waals surface area contributed by atoms with Gasteiger partial charge in [0.05, 0.1) is 0 Å². The van der Waals surface area contributed by atoms with Crippen LogP contribution in [0.25, 0.3) is 0 Å². The maximum absolute atomic E-state index is 13.5. The summed E-state index contributed by atoms with van der Waals surface area (Å²) < 4.78 is 18.9. The molecule has 1 unspecified atom stereocenters. The van der Waals surface area contributed by atoms with Crippen LogP contribution in [0.2, 0.25) is 0 Å². The van der Waals surface area contributed by atoms with Crippen molar-refractivity contribution in [2.45, 2.75) is 19.8 Å². The molecule has 0 fully saturated rings. The SMILES string of the molecule is CCOCCC(CNC)Cc1ccccc1F. The van der Waals surface area contributed by atoms with E-state index in [0.29, 0.717) is 5.92 Å². The summed E-state index contributed by atoms with van der Waals surface area (Å²) in [7, 11) is 1.93. The molecule has 0 radical (unpaired) electrons. The summed E-state index contributed by atoms with van der Waals surface area (Å²) in [6.07, 6.45) is 1.73. The third-order valence-corrected chi connectivity index (χ3v) is 2.83. The van der Waals surface area contributed by atoms with E-state index in [-0.39, 0.29) is 5.82 Å². The predicted molar refractivity (Wildman–Crippen MR) is 68.6 cm³/mol. The van der Waals surface area contributed by atoms with Crippen molar-refractivity contribution in [2.75, 3.05) is 26.8 Å². The van der Waals surface area contributed by atoms with Gasteiger partial charge in [0, 0.05) is 13.2 Å². The normalized spacial score (nSPS) is 12.6. The first kappa shape index (κ1) is 14.1. The number of hydrogen-bond donors (Lipinski definition) is 1. The van der Waals surface area contributed by atoms with Gasteiger partial charge in [-0.2, -0.15) is 0 Å². The van der Waals surface area contributed by atoms with E-state index in [1.807, 2.05) is 26.1 Å². The van der Waals surface area contributed by atoms with Crippen LogP contribution in [0.5, 0.6) is 0 Å². The number of benzene rings is 1. The average molecular weight is 239 g/mol. The van der Waals surface area contributed by atoms with E-state index >= 15 is 0 Å². The number of halogens is 1. The van der Waals surface area contributed by atoms with Crippen LogP contribution in [-0.4, -0.2) is 26.8 Å². The second kappa shape index (κ2) is 8.20. The third kappa shape index (κ3) is 5.29. The Balaban J connectivity index is 2.50. The second-order valence-corrected chi connectivity index (χ2v) is 4.20. The first-order chi connectivity index (χ1) is 8.27. The van der Waals surface area contributed by atoms with Gasteiger partial charge in [-0.25, -0.2) is 4.39 Å². The fourth-order valence-electron chi connectivity index (χ4n) is 1.93. The third-order valence-electron chi connectivity index (χ3n) is 2.83. The largest absolute Gasteiger partial charge is 0.382 e. The molecule has 1 aromatic rings. The van der Waals surface area contributed by atoms with Crippen LogP contribution in [0, 0.1) is 11.7 Å². The predicted octanol–water partition coefficient (Wildman–Crippen LogP) is 2.63. The van der Waals surface area contributed by atoms with E-state index in [0.717, 1.165) is 38.2 Å². The summed E-state index contributed by atoms with van der Waals surface area (Å²) in [4.78, 5) is 0. The Bertz CT molecular complexity index is 317. The summed E-state index contributed by atoms with van der Waals surface area (Å²) in [6, 6.07) is 7.00. The van der Waals surface area contributed by atoms with Crippen LogP contribution in [0.4, 0.5) is 4.39 Å². The van der Waals surface area contributed by atoms with Crippen molar-refractivity contribution >= 4 is 0 Å². The lowest BCUT2D eigenvalue weighted by Crippen LogP contribution is -2.22. The van der Waals surface area contributed by atoms with Gasteiger partial charge in [-0.1, -0.05) is 18.2 Å². The van der Waals surface area contributed by atoms with Crippen molar-refractivity contribution in [3.05, 3.63) is 35.6 Å². The monoisotopic (exact) mass is 239 g/mol. The minimum atomic E-state index is -0.106. The molecule has 3 heteroatoms. The van der Waals surface area contributed by atoms with Gasteiger partial charge in [0.15, 0.2) is 0 Å². The lowest BCUT2D eigenvalue weighted by atomic mass is 9.96. The molecule has 0 aliphatic carbocycles. The minimum Gasteiger partial charge on any atom is -0.382 e. The van der Waals surface area contributed by atoms with Crippen molar-refractivity contribution in [2.24, 2.45) is 5.92 Å². The van der Waals surface area contributed by atoms with Gasteiger partial charge in [-0.05, 0) is 50.9 Å². The molecule has 0 amide bonds. The van der Waals surface area contributed by atoms with Gasteiger partial charge in [0.1, 0.15) is 5.82 Å². The first-order valence-electron chi connectivity index (χ1n) is 6.23. The molecule has 0 saturated heterocycles. The van der Waals surface area contributed by atoms with Crippen molar-refractivity contribution in [1.29, 1.82) is 0 Å². The Morgan fingerprint density at radius 1 is 1.35 bits per heavy atom. The lowest BCUT2D eigenvalue weighted by molar-refractivity contribution is 0.131. The van der Waals surface area contributed by atoms with E-state index in [1.165, 1.54) is 6.07 Å². The van der Waals surface area contributed by atoms with E-state index in [2.05, 4.69) is 5.32 Å². The standard InChI is InChI=1S/C14H22FNO/c1-3-17-9-8-12(11-16-2)10-13-6-4-5-7-14(13)15/h4-7,12,16H,3,8-11H2,1-2H3. The van der Waals surface area contributed by atoms with E-state index < -0.39 is 0 Å². The zero-order chi connectivity index (χ0) is 12.5. The highest BCUT2D eigenvalue weighted by atomic mass is 19.1. The summed E-state index contributed by atoms with van der Waals surface area (Å²) in [5, 5.41) is 3.16. The first-order valence-corrected chi connectivity index (χ1v) is 6.23. The highest BCUT2D eigenvalue weighted by Crippen LogP contribution is 2.15. The Kier molecular flexibility index (Phi) is 6.82. The topological polar surface area (TPSA) is 21.3 Å². The fourth-order valence-corrected chi connectivity index (χ4v) is 1.93. The lowest BCUT2D eigenvalue weighted by Gasteiger charge is -2.16. The van der Waals surface area contributed by atoms with Crippen molar-refractivity contribution < 1.29 is 9.13 Å². The molecule has 2 nitrogen and oxygen atoms in total. The number of ether oxygens (including phenoxy) is 1. The molecule has 17 heavy (non-hydrogen) atoms. The van der Waals surface area contributed by atoms with Crippen molar-refractivity contribution in [3.8, 4) is 0 Å². The Morgan fingerprint density at radius 2 is 2.12 bits per heavy atom. The van der Waals surface area contributed by atoms with Crippen molar-refractivity contribution in [1.82, 2.24) is 5.32 Å². The maximum Gasteiger partial charge on any atom is 0.126 e.